The molecule has 0 aromatic carbocycles. The SMILES string of the molecule is Cc1ccc(C(=O)N2CCC[C@H](N3[C@@H](C)CC[C@@H]3C)C2)c(C)n1. The van der Waals surface area contributed by atoms with Crippen LogP contribution in [-0.2, 0) is 0 Å². The number of amides is 1. The summed E-state index contributed by atoms with van der Waals surface area (Å²) in [5.41, 5.74) is 2.58. The lowest BCUT2D eigenvalue weighted by Gasteiger charge is -2.41. The van der Waals surface area contributed by atoms with E-state index in [9.17, 15) is 4.79 Å². The topological polar surface area (TPSA) is 36.4 Å². The first-order valence-corrected chi connectivity index (χ1v) is 8.98. The van der Waals surface area contributed by atoms with Crippen molar-refractivity contribution in [2.24, 2.45) is 0 Å². The summed E-state index contributed by atoms with van der Waals surface area (Å²) in [6.45, 7) is 10.3. The lowest BCUT2D eigenvalue weighted by Crippen LogP contribution is -2.52. The first-order valence-electron chi connectivity index (χ1n) is 8.98. The molecule has 2 fully saturated rings. The Kier molecular flexibility index (Phi) is 4.72. The zero-order valence-electron chi connectivity index (χ0n) is 14.9. The molecule has 126 valence electrons. The van der Waals surface area contributed by atoms with E-state index >= 15 is 0 Å². The maximum absolute atomic E-state index is 12.9. The molecule has 0 N–H and O–H groups in total. The first kappa shape index (κ1) is 16.4. The minimum Gasteiger partial charge on any atom is -0.337 e. The van der Waals surface area contributed by atoms with Crippen molar-refractivity contribution in [3.8, 4) is 0 Å². The van der Waals surface area contributed by atoms with Crippen molar-refractivity contribution < 1.29 is 4.79 Å². The average molecular weight is 315 g/mol. The van der Waals surface area contributed by atoms with Crippen LogP contribution in [0, 0.1) is 13.8 Å². The molecule has 0 radical (unpaired) electrons. The number of carbonyl (C=O) groups is 1. The summed E-state index contributed by atoms with van der Waals surface area (Å²) in [6, 6.07) is 5.68. The van der Waals surface area contributed by atoms with Gasteiger partial charge in [0.05, 0.1) is 11.3 Å². The molecule has 3 atom stereocenters. The number of hydrogen-bond acceptors (Lipinski definition) is 3. The van der Waals surface area contributed by atoms with E-state index in [1.807, 2.05) is 30.9 Å². The number of aromatic nitrogens is 1. The van der Waals surface area contributed by atoms with Crippen LogP contribution in [0.2, 0.25) is 0 Å². The van der Waals surface area contributed by atoms with Crippen molar-refractivity contribution in [1.82, 2.24) is 14.8 Å². The molecule has 0 unspecified atom stereocenters. The fourth-order valence-corrected chi connectivity index (χ4v) is 4.40. The second-order valence-corrected chi connectivity index (χ2v) is 7.36. The normalized spacial score (nSPS) is 29.0. The third kappa shape index (κ3) is 3.27. The molecule has 2 aliphatic rings. The third-order valence-corrected chi connectivity index (χ3v) is 5.58. The lowest BCUT2D eigenvalue weighted by atomic mass is 10.0. The Labute approximate surface area is 139 Å². The van der Waals surface area contributed by atoms with E-state index in [1.54, 1.807) is 0 Å². The van der Waals surface area contributed by atoms with Gasteiger partial charge in [-0.2, -0.15) is 0 Å². The first-order chi connectivity index (χ1) is 11.0. The summed E-state index contributed by atoms with van der Waals surface area (Å²) in [5.74, 6) is 0.152. The van der Waals surface area contributed by atoms with E-state index in [0.29, 0.717) is 18.1 Å². The monoisotopic (exact) mass is 315 g/mol. The van der Waals surface area contributed by atoms with Crippen molar-refractivity contribution in [1.29, 1.82) is 0 Å². The quantitative estimate of drug-likeness (QED) is 0.841. The van der Waals surface area contributed by atoms with Gasteiger partial charge in [0, 0.05) is 36.9 Å². The molecule has 4 nitrogen and oxygen atoms in total. The number of rotatable bonds is 2. The van der Waals surface area contributed by atoms with Gasteiger partial charge < -0.3 is 4.90 Å². The molecule has 3 heterocycles. The fourth-order valence-electron chi connectivity index (χ4n) is 4.40. The van der Waals surface area contributed by atoms with Gasteiger partial charge in [0.2, 0.25) is 0 Å². The van der Waals surface area contributed by atoms with Gasteiger partial charge in [0.25, 0.3) is 5.91 Å². The van der Waals surface area contributed by atoms with Crippen LogP contribution in [-0.4, -0.2) is 51.9 Å². The molecule has 0 aliphatic carbocycles. The Morgan fingerprint density at radius 2 is 1.83 bits per heavy atom. The van der Waals surface area contributed by atoms with Crippen LogP contribution in [0.1, 0.15) is 61.3 Å². The van der Waals surface area contributed by atoms with Crippen LogP contribution in [0.5, 0.6) is 0 Å². The summed E-state index contributed by atoms with van der Waals surface area (Å²) >= 11 is 0. The van der Waals surface area contributed by atoms with Gasteiger partial charge in [-0.15, -0.1) is 0 Å². The predicted molar refractivity (Wildman–Crippen MR) is 92.6 cm³/mol. The number of pyridine rings is 1. The summed E-state index contributed by atoms with van der Waals surface area (Å²) in [5, 5.41) is 0. The smallest absolute Gasteiger partial charge is 0.255 e. The predicted octanol–water partition coefficient (Wildman–Crippen LogP) is 3.18. The molecule has 4 heteroatoms. The molecule has 2 aliphatic heterocycles. The van der Waals surface area contributed by atoms with Gasteiger partial charge in [-0.3, -0.25) is 14.7 Å². The number of likely N-dealkylation sites (tertiary alicyclic amines) is 2. The number of hydrogen-bond donors (Lipinski definition) is 0. The molecule has 0 spiro atoms. The van der Waals surface area contributed by atoms with Crippen molar-refractivity contribution in [2.75, 3.05) is 13.1 Å². The van der Waals surface area contributed by atoms with E-state index in [0.717, 1.165) is 36.5 Å². The zero-order valence-corrected chi connectivity index (χ0v) is 14.9. The number of carbonyl (C=O) groups excluding carboxylic acids is 1. The molecule has 1 amide bonds. The van der Waals surface area contributed by atoms with E-state index in [4.69, 9.17) is 0 Å². The fraction of sp³-hybridized carbons (Fsp3) is 0.684. The van der Waals surface area contributed by atoms with Crippen LogP contribution < -0.4 is 0 Å². The van der Waals surface area contributed by atoms with Crippen molar-refractivity contribution >= 4 is 5.91 Å². The Balaban J connectivity index is 1.74. The lowest BCUT2D eigenvalue weighted by molar-refractivity contribution is 0.0486. The molecule has 0 saturated carbocycles. The van der Waals surface area contributed by atoms with Crippen LogP contribution >= 0.6 is 0 Å². The molecule has 2 saturated heterocycles. The molecule has 3 rings (SSSR count). The summed E-state index contributed by atoms with van der Waals surface area (Å²) in [4.78, 5) is 22.1. The van der Waals surface area contributed by atoms with Gasteiger partial charge in [0.15, 0.2) is 0 Å². The van der Waals surface area contributed by atoms with E-state index in [1.165, 1.54) is 19.3 Å². The largest absolute Gasteiger partial charge is 0.337 e. The van der Waals surface area contributed by atoms with Gasteiger partial charge >= 0.3 is 0 Å². The van der Waals surface area contributed by atoms with Gasteiger partial charge in [0.1, 0.15) is 0 Å². The van der Waals surface area contributed by atoms with E-state index in [-0.39, 0.29) is 5.91 Å². The van der Waals surface area contributed by atoms with Crippen molar-refractivity contribution in [3.63, 3.8) is 0 Å². The van der Waals surface area contributed by atoms with Crippen LogP contribution in [0.4, 0.5) is 0 Å². The van der Waals surface area contributed by atoms with Gasteiger partial charge in [-0.25, -0.2) is 0 Å². The second kappa shape index (κ2) is 6.60. The summed E-state index contributed by atoms with van der Waals surface area (Å²) < 4.78 is 0. The highest BCUT2D eigenvalue weighted by Crippen LogP contribution is 2.30. The molecule has 1 aromatic rings. The maximum atomic E-state index is 12.9. The molecule has 23 heavy (non-hydrogen) atoms. The minimum absolute atomic E-state index is 0.152. The summed E-state index contributed by atoms with van der Waals surface area (Å²) in [6.07, 6.45) is 4.88. The minimum atomic E-state index is 0.152. The maximum Gasteiger partial charge on any atom is 0.255 e. The highest BCUT2D eigenvalue weighted by atomic mass is 16.2. The Hall–Kier alpha value is -1.42. The van der Waals surface area contributed by atoms with Crippen LogP contribution in [0.25, 0.3) is 0 Å². The van der Waals surface area contributed by atoms with E-state index < -0.39 is 0 Å². The Bertz CT molecular complexity index is 576. The Morgan fingerprint density at radius 3 is 2.48 bits per heavy atom. The van der Waals surface area contributed by atoms with Gasteiger partial charge in [-0.1, -0.05) is 0 Å². The number of aryl methyl sites for hydroxylation is 2. The number of nitrogens with zero attached hydrogens (tertiary/aromatic N) is 3. The standard InChI is InChI=1S/C19H29N3O/c1-13-7-10-18(16(4)20-13)19(23)21-11-5-6-17(12-21)22-14(2)8-9-15(22)3/h7,10,14-15,17H,5-6,8-9,11-12H2,1-4H3/t14-,15-,17-/m0/s1. The van der Waals surface area contributed by atoms with Crippen LogP contribution in [0.3, 0.4) is 0 Å². The molecular formula is C19H29N3O. The third-order valence-electron chi connectivity index (χ3n) is 5.58. The van der Waals surface area contributed by atoms with Crippen LogP contribution in [0.15, 0.2) is 12.1 Å². The van der Waals surface area contributed by atoms with Gasteiger partial charge in [-0.05, 0) is 65.5 Å². The number of piperidine rings is 1. The molecule has 0 bridgehead atoms. The Morgan fingerprint density at radius 1 is 1.13 bits per heavy atom. The van der Waals surface area contributed by atoms with E-state index in [2.05, 4.69) is 23.7 Å². The zero-order chi connectivity index (χ0) is 16.6. The highest BCUT2D eigenvalue weighted by molar-refractivity contribution is 5.95. The van der Waals surface area contributed by atoms with Crippen molar-refractivity contribution in [2.45, 2.75) is 71.5 Å². The highest BCUT2D eigenvalue weighted by Gasteiger charge is 2.36. The summed E-state index contributed by atoms with van der Waals surface area (Å²) in [7, 11) is 0. The van der Waals surface area contributed by atoms with Crippen molar-refractivity contribution in [3.05, 3.63) is 29.1 Å². The molecular weight excluding hydrogens is 286 g/mol. The molecule has 1 aromatic heterocycles. The second-order valence-electron chi connectivity index (χ2n) is 7.36. The average Bonchev–Trinajstić information content (AvgIpc) is 2.86.